The van der Waals surface area contributed by atoms with E-state index in [2.05, 4.69) is 0 Å². The summed E-state index contributed by atoms with van der Waals surface area (Å²) < 4.78 is 0. The summed E-state index contributed by atoms with van der Waals surface area (Å²) in [5.41, 5.74) is 5.39. The third kappa shape index (κ3) is 1.57. The summed E-state index contributed by atoms with van der Waals surface area (Å²) in [6.45, 7) is 0. The maximum absolute atomic E-state index is 11.8. The van der Waals surface area contributed by atoms with Crippen LogP contribution in [0.3, 0.4) is 0 Å². The summed E-state index contributed by atoms with van der Waals surface area (Å²) >= 11 is 0. The van der Waals surface area contributed by atoms with Crippen LogP contribution in [-0.4, -0.2) is 29.4 Å². The van der Waals surface area contributed by atoms with Crippen molar-refractivity contribution in [1.29, 1.82) is 0 Å². The van der Waals surface area contributed by atoms with Crippen molar-refractivity contribution in [2.45, 2.75) is 50.1 Å². The van der Waals surface area contributed by atoms with Crippen LogP contribution in [0.25, 0.3) is 0 Å². The molecule has 13 heavy (non-hydrogen) atoms. The SMILES string of the molecule is CN(C(=O)C1(N)CC1)C1CCCC1. The Bertz CT molecular complexity index is 217. The van der Waals surface area contributed by atoms with Crippen molar-refractivity contribution in [3.63, 3.8) is 0 Å². The molecule has 3 nitrogen and oxygen atoms in total. The summed E-state index contributed by atoms with van der Waals surface area (Å²) in [4.78, 5) is 13.7. The first kappa shape index (κ1) is 9.00. The number of carbonyl (C=O) groups excluding carboxylic acids is 1. The number of amides is 1. The van der Waals surface area contributed by atoms with Crippen molar-refractivity contribution in [2.75, 3.05) is 7.05 Å². The molecule has 0 heterocycles. The first-order chi connectivity index (χ1) is 6.13. The minimum Gasteiger partial charge on any atom is -0.341 e. The zero-order chi connectivity index (χ0) is 9.47. The van der Waals surface area contributed by atoms with E-state index in [1.54, 1.807) is 0 Å². The van der Waals surface area contributed by atoms with Gasteiger partial charge in [0.05, 0.1) is 5.54 Å². The van der Waals surface area contributed by atoms with Gasteiger partial charge in [0.25, 0.3) is 0 Å². The van der Waals surface area contributed by atoms with Gasteiger partial charge in [-0.1, -0.05) is 12.8 Å². The van der Waals surface area contributed by atoms with E-state index in [1.807, 2.05) is 11.9 Å². The molecule has 0 aliphatic heterocycles. The third-order valence-electron chi connectivity index (χ3n) is 3.41. The van der Waals surface area contributed by atoms with Gasteiger partial charge in [-0.15, -0.1) is 0 Å². The molecule has 2 rings (SSSR count). The smallest absolute Gasteiger partial charge is 0.242 e. The predicted octanol–water partition coefficient (Wildman–Crippen LogP) is 0.879. The normalized spacial score (nSPS) is 26.0. The van der Waals surface area contributed by atoms with Crippen molar-refractivity contribution in [1.82, 2.24) is 4.90 Å². The maximum atomic E-state index is 11.8. The van der Waals surface area contributed by atoms with Crippen molar-refractivity contribution >= 4 is 5.91 Å². The molecular formula is C10H18N2O. The van der Waals surface area contributed by atoms with Crippen LogP contribution in [-0.2, 0) is 4.79 Å². The molecule has 2 fully saturated rings. The summed E-state index contributed by atoms with van der Waals surface area (Å²) in [7, 11) is 1.91. The van der Waals surface area contributed by atoms with E-state index in [-0.39, 0.29) is 5.91 Å². The Morgan fingerprint density at radius 1 is 1.38 bits per heavy atom. The monoisotopic (exact) mass is 182 g/mol. The minimum atomic E-state index is -0.475. The summed E-state index contributed by atoms with van der Waals surface area (Å²) in [5.74, 6) is 0.166. The lowest BCUT2D eigenvalue weighted by molar-refractivity contribution is -0.134. The Labute approximate surface area is 79.3 Å². The molecule has 2 N–H and O–H groups in total. The van der Waals surface area contributed by atoms with Crippen LogP contribution in [0.5, 0.6) is 0 Å². The number of carbonyl (C=O) groups is 1. The van der Waals surface area contributed by atoms with E-state index in [9.17, 15) is 4.79 Å². The second kappa shape index (κ2) is 2.98. The Kier molecular flexibility index (Phi) is 2.06. The average Bonchev–Trinajstić information content (AvgIpc) is 2.71. The second-order valence-electron chi connectivity index (χ2n) is 4.51. The standard InChI is InChI=1S/C10H18N2O/c1-12(8-4-2-3-5-8)9(13)10(11)6-7-10/h8H,2-7,11H2,1H3. The number of nitrogens with two attached hydrogens (primary N) is 1. The van der Waals surface area contributed by atoms with E-state index in [0.29, 0.717) is 6.04 Å². The van der Waals surface area contributed by atoms with E-state index >= 15 is 0 Å². The molecule has 3 heteroatoms. The zero-order valence-electron chi connectivity index (χ0n) is 8.25. The molecule has 0 aromatic carbocycles. The van der Waals surface area contributed by atoms with E-state index in [1.165, 1.54) is 25.7 Å². The molecule has 0 radical (unpaired) electrons. The highest BCUT2D eigenvalue weighted by molar-refractivity contribution is 5.89. The lowest BCUT2D eigenvalue weighted by atomic mass is 10.1. The molecule has 0 unspecified atom stereocenters. The first-order valence-electron chi connectivity index (χ1n) is 5.20. The summed E-state index contributed by atoms with van der Waals surface area (Å²) in [5, 5.41) is 0. The van der Waals surface area contributed by atoms with Gasteiger partial charge in [-0.05, 0) is 25.7 Å². The number of likely N-dealkylation sites (N-methyl/N-ethyl adjacent to an activating group) is 1. The Hall–Kier alpha value is -0.570. The molecule has 2 aliphatic carbocycles. The fourth-order valence-electron chi connectivity index (χ4n) is 2.16. The average molecular weight is 182 g/mol. The molecule has 2 aliphatic rings. The second-order valence-corrected chi connectivity index (χ2v) is 4.51. The quantitative estimate of drug-likeness (QED) is 0.689. The van der Waals surface area contributed by atoms with Gasteiger partial charge in [0.15, 0.2) is 0 Å². The summed E-state index contributed by atoms with van der Waals surface area (Å²) in [6, 6.07) is 0.466. The van der Waals surface area contributed by atoms with Gasteiger partial charge >= 0.3 is 0 Å². The van der Waals surface area contributed by atoms with Gasteiger partial charge in [-0.25, -0.2) is 0 Å². The molecule has 0 aromatic rings. The van der Waals surface area contributed by atoms with Gasteiger partial charge < -0.3 is 10.6 Å². The topological polar surface area (TPSA) is 46.3 Å². The Balaban J connectivity index is 1.95. The zero-order valence-corrected chi connectivity index (χ0v) is 8.25. The molecule has 74 valence electrons. The largest absolute Gasteiger partial charge is 0.341 e. The molecule has 0 atom stereocenters. The predicted molar refractivity (Wildman–Crippen MR) is 51.2 cm³/mol. The fourth-order valence-corrected chi connectivity index (χ4v) is 2.16. The highest BCUT2D eigenvalue weighted by Crippen LogP contribution is 2.35. The first-order valence-corrected chi connectivity index (χ1v) is 5.20. The minimum absolute atomic E-state index is 0.166. The highest BCUT2D eigenvalue weighted by atomic mass is 16.2. The Morgan fingerprint density at radius 3 is 2.38 bits per heavy atom. The van der Waals surface area contributed by atoms with Crippen LogP contribution in [0.4, 0.5) is 0 Å². The van der Waals surface area contributed by atoms with Crippen LogP contribution < -0.4 is 5.73 Å². The van der Waals surface area contributed by atoms with Crippen molar-refractivity contribution in [2.24, 2.45) is 5.73 Å². The van der Waals surface area contributed by atoms with Gasteiger partial charge in [-0.2, -0.15) is 0 Å². The number of rotatable bonds is 2. The van der Waals surface area contributed by atoms with Crippen LogP contribution in [0.15, 0.2) is 0 Å². The molecule has 0 aromatic heterocycles. The van der Waals surface area contributed by atoms with E-state index in [4.69, 9.17) is 5.73 Å². The molecule has 2 saturated carbocycles. The lowest BCUT2D eigenvalue weighted by Gasteiger charge is -2.27. The van der Waals surface area contributed by atoms with Gasteiger partial charge in [-0.3, -0.25) is 4.79 Å². The van der Waals surface area contributed by atoms with E-state index in [0.717, 1.165) is 12.8 Å². The van der Waals surface area contributed by atoms with Crippen molar-refractivity contribution < 1.29 is 4.79 Å². The number of hydrogen-bond donors (Lipinski definition) is 1. The molecule has 0 spiro atoms. The van der Waals surface area contributed by atoms with Crippen LogP contribution in [0.1, 0.15) is 38.5 Å². The summed E-state index contributed by atoms with van der Waals surface area (Å²) in [6.07, 6.45) is 6.61. The maximum Gasteiger partial charge on any atom is 0.242 e. The van der Waals surface area contributed by atoms with Crippen LogP contribution in [0.2, 0.25) is 0 Å². The van der Waals surface area contributed by atoms with Gasteiger partial charge in [0.2, 0.25) is 5.91 Å². The molecular weight excluding hydrogens is 164 g/mol. The molecule has 0 saturated heterocycles. The lowest BCUT2D eigenvalue weighted by Crippen LogP contribution is -2.47. The number of hydrogen-bond acceptors (Lipinski definition) is 2. The van der Waals surface area contributed by atoms with Crippen LogP contribution >= 0.6 is 0 Å². The highest BCUT2D eigenvalue weighted by Gasteiger charge is 2.48. The molecule has 0 bridgehead atoms. The fraction of sp³-hybridized carbons (Fsp3) is 0.900. The number of nitrogens with zero attached hydrogens (tertiary/aromatic N) is 1. The van der Waals surface area contributed by atoms with Crippen molar-refractivity contribution in [3.8, 4) is 0 Å². The van der Waals surface area contributed by atoms with Crippen LogP contribution in [0, 0.1) is 0 Å². The van der Waals surface area contributed by atoms with E-state index < -0.39 is 5.54 Å². The third-order valence-corrected chi connectivity index (χ3v) is 3.41. The Morgan fingerprint density at radius 2 is 1.92 bits per heavy atom. The van der Waals surface area contributed by atoms with Gasteiger partial charge in [0, 0.05) is 13.1 Å². The molecule has 1 amide bonds. The van der Waals surface area contributed by atoms with Gasteiger partial charge in [0.1, 0.15) is 0 Å². The van der Waals surface area contributed by atoms with Crippen molar-refractivity contribution in [3.05, 3.63) is 0 Å².